The summed E-state index contributed by atoms with van der Waals surface area (Å²) in [6.07, 6.45) is 1.99. The van der Waals surface area contributed by atoms with Crippen molar-refractivity contribution in [3.8, 4) is 5.75 Å². The van der Waals surface area contributed by atoms with Gasteiger partial charge in [-0.1, -0.05) is 12.1 Å². The Labute approximate surface area is 222 Å². The molecule has 0 spiro atoms. The van der Waals surface area contributed by atoms with Crippen molar-refractivity contribution in [2.75, 3.05) is 5.75 Å². The number of aromatic nitrogens is 2. The summed E-state index contributed by atoms with van der Waals surface area (Å²) in [5.74, 6) is -5.15. The monoisotopic (exact) mass is 550 g/mol. The first kappa shape index (κ1) is 30.1. The van der Waals surface area contributed by atoms with Crippen LogP contribution in [0.5, 0.6) is 5.75 Å². The quantitative estimate of drug-likeness (QED) is 0.117. The molecule has 1 heterocycles. The van der Waals surface area contributed by atoms with Gasteiger partial charge < -0.3 is 42.0 Å². The maximum atomic E-state index is 12.9. The number of amides is 3. The molecule has 3 amide bonds. The number of nitrogens with zero attached hydrogens (tertiary/aromatic N) is 1. The van der Waals surface area contributed by atoms with Crippen molar-refractivity contribution in [2.45, 2.75) is 49.9 Å². The van der Waals surface area contributed by atoms with E-state index in [1.165, 1.54) is 24.7 Å². The number of rotatable bonds is 15. The van der Waals surface area contributed by atoms with E-state index < -0.39 is 60.2 Å². The van der Waals surface area contributed by atoms with E-state index in [2.05, 4.69) is 38.5 Å². The summed E-state index contributed by atoms with van der Waals surface area (Å²) in [6, 6.07) is 0.938. The number of thiol groups is 1. The minimum atomic E-state index is -1.35. The van der Waals surface area contributed by atoms with Crippen LogP contribution in [-0.2, 0) is 36.8 Å². The highest BCUT2D eigenvalue weighted by atomic mass is 32.1. The summed E-state index contributed by atoms with van der Waals surface area (Å²) >= 11 is 4.05. The second-order valence-electron chi connectivity index (χ2n) is 8.39. The zero-order valence-corrected chi connectivity index (χ0v) is 21.1. The normalized spacial score (nSPS) is 13.9. The van der Waals surface area contributed by atoms with Gasteiger partial charge in [-0.05, 0) is 30.5 Å². The Hall–Kier alpha value is -4.11. The minimum absolute atomic E-state index is 0.0379. The molecule has 14 nitrogen and oxygen atoms in total. The fourth-order valence-corrected chi connectivity index (χ4v) is 3.61. The number of benzene rings is 1. The van der Waals surface area contributed by atoms with Gasteiger partial charge in [0, 0.05) is 30.5 Å². The molecule has 0 fully saturated rings. The van der Waals surface area contributed by atoms with Gasteiger partial charge in [0.05, 0.1) is 12.4 Å². The number of phenolic OH excluding ortho intramolecular Hbond substituents is 1. The third-order valence-electron chi connectivity index (χ3n) is 5.42. The van der Waals surface area contributed by atoms with Gasteiger partial charge in [-0.2, -0.15) is 12.6 Å². The molecule has 1 aromatic carbocycles. The van der Waals surface area contributed by atoms with E-state index in [1.54, 1.807) is 12.1 Å². The van der Waals surface area contributed by atoms with Crippen molar-refractivity contribution >= 4 is 42.3 Å². The lowest BCUT2D eigenvalue weighted by Crippen LogP contribution is -2.58. The first-order valence-electron chi connectivity index (χ1n) is 11.5. The number of hydrogen-bond donors (Lipinski definition) is 9. The lowest BCUT2D eigenvalue weighted by Gasteiger charge is -2.24. The molecule has 9 N–H and O–H groups in total. The highest BCUT2D eigenvalue weighted by Gasteiger charge is 2.30. The molecule has 4 unspecified atom stereocenters. The van der Waals surface area contributed by atoms with Gasteiger partial charge in [-0.25, -0.2) is 9.78 Å². The second kappa shape index (κ2) is 14.6. The van der Waals surface area contributed by atoms with Gasteiger partial charge in [0.2, 0.25) is 17.7 Å². The van der Waals surface area contributed by atoms with Crippen molar-refractivity contribution in [3.05, 3.63) is 48.0 Å². The number of carbonyl (C=O) groups excluding carboxylic acids is 3. The summed E-state index contributed by atoms with van der Waals surface area (Å²) in [6.45, 7) is 0. The van der Waals surface area contributed by atoms with E-state index >= 15 is 0 Å². The number of aromatic hydroxyl groups is 1. The second-order valence-corrected chi connectivity index (χ2v) is 8.76. The predicted molar refractivity (Wildman–Crippen MR) is 136 cm³/mol. The molecule has 0 aliphatic carbocycles. The number of aliphatic carboxylic acids is 2. The number of carboxylic acids is 2. The summed E-state index contributed by atoms with van der Waals surface area (Å²) in [7, 11) is 0. The van der Waals surface area contributed by atoms with Crippen molar-refractivity contribution in [2.24, 2.45) is 5.73 Å². The topological polar surface area (TPSA) is 237 Å². The standard InChI is InChI=1S/C23H30N6O8S/c24-15(7-12-1-3-14(30)4-2-12)20(33)27-16(5-6-19(31)32)21(34)29-18(10-38)22(35)28-17(23(36)37)8-13-9-25-11-26-13/h1-4,9,11,15-18,30,38H,5-8,10,24H2,(H,25,26)(H,27,33)(H,28,35)(H,29,34)(H,31,32)(H,36,37). The number of hydrogen-bond acceptors (Lipinski definition) is 9. The molecule has 0 aliphatic rings. The number of imidazole rings is 1. The summed E-state index contributed by atoms with van der Waals surface area (Å²) in [4.78, 5) is 67.5. The van der Waals surface area contributed by atoms with Gasteiger partial charge in [-0.15, -0.1) is 0 Å². The van der Waals surface area contributed by atoms with Gasteiger partial charge in [-0.3, -0.25) is 19.2 Å². The van der Waals surface area contributed by atoms with E-state index in [4.69, 9.17) is 10.8 Å². The Morgan fingerprint density at radius 3 is 2.08 bits per heavy atom. The van der Waals surface area contributed by atoms with Crippen molar-refractivity contribution < 1.29 is 39.3 Å². The van der Waals surface area contributed by atoms with Crippen LogP contribution in [0.3, 0.4) is 0 Å². The summed E-state index contributed by atoms with van der Waals surface area (Å²) < 4.78 is 0. The third-order valence-corrected chi connectivity index (χ3v) is 5.78. The van der Waals surface area contributed by atoms with Crippen LogP contribution in [0.4, 0.5) is 0 Å². The van der Waals surface area contributed by atoms with E-state index in [9.17, 15) is 34.2 Å². The van der Waals surface area contributed by atoms with Crippen molar-refractivity contribution in [1.82, 2.24) is 25.9 Å². The first-order valence-corrected chi connectivity index (χ1v) is 12.1. The number of nitrogens with two attached hydrogens (primary N) is 1. The van der Waals surface area contributed by atoms with Crippen molar-refractivity contribution in [3.63, 3.8) is 0 Å². The van der Waals surface area contributed by atoms with Crippen LogP contribution in [0.15, 0.2) is 36.8 Å². The fraction of sp³-hybridized carbons (Fsp3) is 0.391. The molecule has 1 aromatic heterocycles. The lowest BCUT2D eigenvalue weighted by atomic mass is 10.0. The van der Waals surface area contributed by atoms with Crippen LogP contribution in [-0.4, -0.2) is 84.9 Å². The van der Waals surface area contributed by atoms with E-state index in [0.717, 1.165) is 0 Å². The zero-order chi connectivity index (χ0) is 28.2. The van der Waals surface area contributed by atoms with Crippen LogP contribution in [0.2, 0.25) is 0 Å². The number of aromatic amines is 1. The molecule has 206 valence electrons. The van der Waals surface area contributed by atoms with Crippen LogP contribution in [0, 0.1) is 0 Å². The van der Waals surface area contributed by atoms with Crippen LogP contribution < -0.4 is 21.7 Å². The molecule has 15 heteroatoms. The fourth-order valence-electron chi connectivity index (χ4n) is 3.35. The Morgan fingerprint density at radius 1 is 0.921 bits per heavy atom. The maximum Gasteiger partial charge on any atom is 0.326 e. The molecule has 2 aromatic rings. The molecular weight excluding hydrogens is 520 g/mol. The number of carbonyl (C=O) groups is 5. The Kier molecular flexibility index (Phi) is 11.6. The number of phenols is 1. The van der Waals surface area contributed by atoms with Gasteiger partial charge >= 0.3 is 11.9 Å². The van der Waals surface area contributed by atoms with Crippen molar-refractivity contribution in [1.29, 1.82) is 0 Å². The van der Waals surface area contributed by atoms with E-state index in [1.807, 2.05) is 0 Å². The molecule has 4 atom stereocenters. The number of H-pyrrole nitrogens is 1. The van der Waals surface area contributed by atoms with Gasteiger partial charge in [0.15, 0.2) is 0 Å². The summed E-state index contributed by atoms with van der Waals surface area (Å²) in [5, 5.41) is 35.0. The largest absolute Gasteiger partial charge is 0.508 e. The number of nitrogens with one attached hydrogen (secondary N) is 4. The molecule has 0 saturated heterocycles. The lowest BCUT2D eigenvalue weighted by molar-refractivity contribution is -0.142. The van der Waals surface area contributed by atoms with Gasteiger partial charge in [0.25, 0.3) is 0 Å². The highest BCUT2D eigenvalue weighted by Crippen LogP contribution is 2.11. The molecule has 2 rings (SSSR count). The SMILES string of the molecule is NC(Cc1ccc(O)cc1)C(=O)NC(CCC(=O)O)C(=O)NC(CS)C(=O)NC(Cc1cnc[nH]1)C(=O)O. The molecule has 0 saturated carbocycles. The minimum Gasteiger partial charge on any atom is -0.508 e. The average Bonchev–Trinajstić information content (AvgIpc) is 3.38. The molecule has 0 bridgehead atoms. The first-order chi connectivity index (χ1) is 18.0. The van der Waals surface area contributed by atoms with Gasteiger partial charge in [0.1, 0.15) is 23.9 Å². The molecule has 38 heavy (non-hydrogen) atoms. The highest BCUT2D eigenvalue weighted by molar-refractivity contribution is 7.80. The van der Waals surface area contributed by atoms with Crippen LogP contribution in [0.25, 0.3) is 0 Å². The Balaban J connectivity index is 2.05. The number of carboxylic acid groups (broad SMARTS) is 2. The molecule has 0 aliphatic heterocycles. The van der Waals surface area contributed by atoms with Crippen LogP contribution in [0.1, 0.15) is 24.1 Å². The molecular formula is C23H30N6O8S. The summed E-state index contributed by atoms with van der Waals surface area (Å²) in [5.41, 5.74) is 7.05. The Bertz CT molecular complexity index is 1110. The smallest absolute Gasteiger partial charge is 0.326 e. The molecule has 0 radical (unpaired) electrons. The third kappa shape index (κ3) is 9.74. The maximum absolute atomic E-state index is 12.9. The van der Waals surface area contributed by atoms with E-state index in [-0.39, 0.29) is 30.8 Å². The predicted octanol–water partition coefficient (Wildman–Crippen LogP) is -1.44. The zero-order valence-electron chi connectivity index (χ0n) is 20.2. The van der Waals surface area contributed by atoms with Crippen LogP contribution >= 0.6 is 12.6 Å². The Morgan fingerprint density at radius 2 is 1.53 bits per heavy atom. The van der Waals surface area contributed by atoms with E-state index in [0.29, 0.717) is 11.3 Å². The average molecular weight is 551 g/mol.